The van der Waals surface area contributed by atoms with Crippen LogP contribution in [0.15, 0.2) is 42.6 Å². The summed E-state index contributed by atoms with van der Waals surface area (Å²) in [6, 6.07) is 11.9. The average molecular weight is 276 g/mol. The number of benzene rings is 1. The van der Waals surface area contributed by atoms with Crippen LogP contribution in [0.1, 0.15) is 42.7 Å². The van der Waals surface area contributed by atoms with Crippen molar-refractivity contribution in [2.75, 3.05) is 0 Å². The van der Waals surface area contributed by atoms with Gasteiger partial charge in [-0.2, -0.15) is 0 Å². The molecular formula is C16H18ClNO. The number of hydrogen-bond acceptors (Lipinski definition) is 2. The summed E-state index contributed by atoms with van der Waals surface area (Å²) in [5.41, 5.74) is 3.06. The monoisotopic (exact) mass is 275 g/mol. The first-order valence-electron chi connectivity index (χ1n) is 6.44. The van der Waals surface area contributed by atoms with E-state index in [9.17, 15) is 5.11 Å². The van der Waals surface area contributed by atoms with Crippen molar-refractivity contribution in [2.45, 2.75) is 32.3 Å². The summed E-state index contributed by atoms with van der Waals surface area (Å²) < 4.78 is 0. The minimum Gasteiger partial charge on any atom is -0.386 e. The lowest BCUT2D eigenvalue weighted by Gasteiger charge is -2.11. The molecule has 0 bridgehead atoms. The van der Waals surface area contributed by atoms with E-state index in [4.69, 9.17) is 11.6 Å². The van der Waals surface area contributed by atoms with Crippen molar-refractivity contribution in [3.05, 3.63) is 64.4 Å². The second kappa shape index (κ2) is 6.18. The van der Waals surface area contributed by atoms with E-state index in [1.54, 1.807) is 18.3 Å². The van der Waals surface area contributed by atoms with Gasteiger partial charge in [-0.25, -0.2) is 0 Å². The first-order chi connectivity index (χ1) is 9.06. The van der Waals surface area contributed by atoms with Crippen molar-refractivity contribution in [1.82, 2.24) is 4.98 Å². The Morgan fingerprint density at radius 3 is 2.32 bits per heavy atom. The van der Waals surface area contributed by atoms with Crippen molar-refractivity contribution in [3.63, 3.8) is 0 Å². The topological polar surface area (TPSA) is 33.1 Å². The van der Waals surface area contributed by atoms with Gasteiger partial charge in [0.05, 0.1) is 16.8 Å². The summed E-state index contributed by atoms with van der Waals surface area (Å²) in [6.07, 6.45) is 1.52. The normalized spacial score (nSPS) is 12.7. The summed E-state index contributed by atoms with van der Waals surface area (Å²) in [5, 5.41) is 10.7. The number of hydrogen-bond donors (Lipinski definition) is 1. The number of aliphatic hydroxyl groups excluding tert-OH is 1. The van der Waals surface area contributed by atoms with Gasteiger partial charge in [-0.1, -0.05) is 49.7 Å². The quantitative estimate of drug-likeness (QED) is 0.910. The second-order valence-corrected chi connectivity index (χ2v) is 5.45. The molecule has 2 aromatic rings. The molecule has 1 atom stereocenters. The zero-order valence-electron chi connectivity index (χ0n) is 11.2. The fraction of sp³-hybridized carbons (Fsp3) is 0.312. The molecule has 0 saturated carbocycles. The van der Waals surface area contributed by atoms with E-state index in [0.717, 1.165) is 5.56 Å². The van der Waals surface area contributed by atoms with Crippen molar-refractivity contribution < 1.29 is 5.11 Å². The van der Waals surface area contributed by atoms with E-state index >= 15 is 0 Å². The van der Waals surface area contributed by atoms with Crippen LogP contribution >= 0.6 is 11.6 Å². The Balaban J connectivity index is 2.06. The molecule has 0 aliphatic heterocycles. The maximum atomic E-state index is 10.1. The van der Waals surface area contributed by atoms with Crippen LogP contribution in [0, 0.1) is 0 Å². The van der Waals surface area contributed by atoms with Crippen LogP contribution in [0.25, 0.3) is 0 Å². The molecule has 100 valence electrons. The molecule has 3 heteroatoms. The molecule has 0 radical (unpaired) electrons. The molecule has 1 aromatic heterocycles. The molecule has 2 nitrogen and oxygen atoms in total. The Morgan fingerprint density at radius 1 is 1.11 bits per heavy atom. The lowest BCUT2D eigenvalue weighted by molar-refractivity contribution is 0.173. The molecule has 0 aliphatic carbocycles. The Labute approximate surface area is 119 Å². The van der Waals surface area contributed by atoms with Crippen LogP contribution in [0.4, 0.5) is 0 Å². The molecule has 0 spiro atoms. The zero-order chi connectivity index (χ0) is 13.8. The van der Waals surface area contributed by atoms with E-state index in [1.807, 2.05) is 0 Å². The molecule has 0 saturated heterocycles. The van der Waals surface area contributed by atoms with E-state index in [1.165, 1.54) is 5.56 Å². The largest absolute Gasteiger partial charge is 0.386 e. The predicted molar refractivity (Wildman–Crippen MR) is 78.4 cm³/mol. The number of halogens is 1. The van der Waals surface area contributed by atoms with E-state index in [0.29, 0.717) is 23.1 Å². The van der Waals surface area contributed by atoms with E-state index in [2.05, 4.69) is 43.1 Å². The third kappa shape index (κ3) is 3.79. The number of pyridine rings is 1. The number of nitrogens with zero attached hydrogens (tertiary/aromatic N) is 1. The maximum Gasteiger partial charge on any atom is 0.0999 e. The molecule has 1 unspecified atom stereocenters. The number of rotatable bonds is 4. The van der Waals surface area contributed by atoms with Crippen LogP contribution in [-0.2, 0) is 6.42 Å². The summed E-state index contributed by atoms with van der Waals surface area (Å²) in [5.74, 6) is 0.525. The SMILES string of the molecule is CC(C)c1ccc(CC(O)c2ccc(Cl)cn2)cc1. The minimum absolute atomic E-state index is 0.525. The Morgan fingerprint density at radius 2 is 1.79 bits per heavy atom. The third-order valence-corrected chi connectivity index (χ3v) is 3.39. The Kier molecular flexibility index (Phi) is 4.56. The Bertz CT molecular complexity index is 519. The molecule has 1 heterocycles. The highest BCUT2D eigenvalue weighted by Gasteiger charge is 2.10. The predicted octanol–water partition coefficient (Wildman–Crippen LogP) is 4.13. The second-order valence-electron chi connectivity index (χ2n) is 5.02. The molecule has 0 aliphatic rings. The number of aromatic nitrogens is 1. The van der Waals surface area contributed by atoms with Gasteiger partial charge in [-0.15, -0.1) is 0 Å². The van der Waals surface area contributed by atoms with Crippen LogP contribution in [0.3, 0.4) is 0 Å². The molecule has 1 aromatic carbocycles. The molecular weight excluding hydrogens is 258 g/mol. The lowest BCUT2D eigenvalue weighted by Crippen LogP contribution is -2.04. The highest BCUT2D eigenvalue weighted by atomic mass is 35.5. The van der Waals surface area contributed by atoms with Crippen molar-refractivity contribution in [1.29, 1.82) is 0 Å². The molecule has 0 fully saturated rings. The van der Waals surface area contributed by atoms with Gasteiger partial charge in [0.1, 0.15) is 0 Å². The van der Waals surface area contributed by atoms with Crippen molar-refractivity contribution in [3.8, 4) is 0 Å². The van der Waals surface area contributed by atoms with Crippen LogP contribution in [0.2, 0.25) is 5.02 Å². The minimum atomic E-state index is -0.595. The molecule has 1 N–H and O–H groups in total. The van der Waals surface area contributed by atoms with Crippen molar-refractivity contribution >= 4 is 11.6 Å². The van der Waals surface area contributed by atoms with Gasteiger partial charge in [-0.05, 0) is 29.2 Å². The average Bonchev–Trinajstić information content (AvgIpc) is 2.40. The summed E-state index contributed by atoms with van der Waals surface area (Å²) in [4.78, 5) is 4.14. The van der Waals surface area contributed by atoms with Gasteiger partial charge in [-0.3, -0.25) is 4.98 Å². The van der Waals surface area contributed by atoms with E-state index in [-0.39, 0.29) is 0 Å². The highest BCUT2D eigenvalue weighted by Crippen LogP contribution is 2.20. The van der Waals surface area contributed by atoms with Gasteiger partial charge in [0, 0.05) is 12.6 Å². The van der Waals surface area contributed by atoms with Crippen LogP contribution in [0.5, 0.6) is 0 Å². The summed E-state index contributed by atoms with van der Waals surface area (Å²) in [6.45, 7) is 4.34. The summed E-state index contributed by atoms with van der Waals surface area (Å²) in [7, 11) is 0. The molecule has 19 heavy (non-hydrogen) atoms. The maximum absolute atomic E-state index is 10.1. The van der Waals surface area contributed by atoms with Crippen LogP contribution < -0.4 is 0 Å². The first kappa shape index (κ1) is 14.0. The third-order valence-electron chi connectivity index (χ3n) is 3.17. The zero-order valence-corrected chi connectivity index (χ0v) is 11.9. The standard InChI is InChI=1S/C16H18ClNO/c1-11(2)13-5-3-12(4-6-13)9-16(19)15-8-7-14(17)10-18-15/h3-8,10-11,16,19H,9H2,1-2H3. The van der Waals surface area contributed by atoms with Crippen LogP contribution in [-0.4, -0.2) is 10.1 Å². The fourth-order valence-electron chi connectivity index (χ4n) is 1.95. The number of aliphatic hydroxyl groups is 1. The van der Waals surface area contributed by atoms with Gasteiger partial charge >= 0.3 is 0 Å². The van der Waals surface area contributed by atoms with Gasteiger partial charge < -0.3 is 5.11 Å². The Hall–Kier alpha value is -1.38. The van der Waals surface area contributed by atoms with Crippen molar-refractivity contribution in [2.24, 2.45) is 0 Å². The van der Waals surface area contributed by atoms with E-state index < -0.39 is 6.10 Å². The van der Waals surface area contributed by atoms with Gasteiger partial charge in [0.2, 0.25) is 0 Å². The summed E-state index contributed by atoms with van der Waals surface area (Å²) >= 11 is 5.78. The molecule has 2 rings (SSSR count). The van der Waals surface area contributed by atoms with Gasteiger partial charge in [0.25, 0.3) is 0 Å². The highest BCUT2D eigenvalue weighted by molar-refractivity contribution is 6.30. The first-order valence-corrected chi connectivity index (χ1v) is 6.82. The molecule has 0 amide bonds. The smallest absolute Gasteiger partial charge is 0.0999 e. The fourth-order valence-corrected chi connectivity index (χ4v) is 2.06. The van der Waals surface area contributed by atoms with Gasteiger partial charge in [0.15, 0.2) is 0 Å². The lowest BCUT2D eigenvalue weighted by atomic mass is 9.99.